The molecule has 1 rings (SSSR count). The molecule has 0 aliphatic carbocycles. The van der Waals surface area contributed by atoms with Crippen molar-refractivity contribution in [2.24, 2.45) is 0 Å². The van der Waals surface area contributed by atoms with E-state index in [9.17, 15) is 15.0 Å². The summed E-state index contributed by atoms with van der Waals surface area (Å²) in [5, 5.41) is 19.5. The number of rotatable bonds is 8. The summed E-state index contributed by atoms with van der Waals surface area (Å²) in [4.78, 5) is 13.9. The van der Waals surface area contributed by atoms with E-state index >= 15 is 0 Å². The molecule has 20 heavy (non-hydrogen) atoms. The largest absolute Gasteiger partial charge is 0.503 e. The highest BCUT2D eigenvalue weighted by Gasteiger charge is 2.16. The molecule has 6 heteroatoms. The van der Waals surface area contributed by atoms with Gasteiger partial charge in [-0.05, 0) is 13.1 Å². The van der Waals surface area contributed by atoms with E-state index < -0.39 is 5.43 Å². The third-order valence-electron chi connectivity index (χ3n) is 3.43. The van der Waals surface area contributed by atoms with Crippen LogP contribution in [0.2, 0.25) is 0 Å². The molecule has 0 bridgehead atoms. The molecule has 0 fully saturated rings. The second-order valence-corrected chi connectivity index (χ2v) is 4.56. The van der Waals surface area contributed by atoms with Gasteiger partial charge in [-0.15, -0.1) is 0 Å². The minimum atomic E-state index is -0.454. The lowest BCUT2D eigenvalue weighted by Crippen LogP contribution is -2.28. The molecule has 0 radical (unpaired) electrons. The molecule has 114 valence electrons. The predicted molar refractivity (Wildman–Crippen MR) is 76.8 cm³/mol. The van der Waals surface area contributed by atoms with Crippen molar-refractivity contribution in [3.63, 3.8) is 0 Å². The Bertz CT molecular complexity index is 481. The number of ether oxygens (including phenoxy) is 1. The summed E-state index contributed by atoms with van der Waals surface area (Å²) in [6, 6.07) is 1.27. The van der Waals surface area contributed by atoms with Crippen molar-refractivity contribution in [3.05, 3.63) is 27.7 Å². The zero-order chi connectivity index (χ0) is 15.1. The Morgan fingerprint density at radius 2 is 2.00 bits per heavy atom. The molecule has 0 atom stereocenters. The number of pyridine rings is 1. The first-order valence-corrected chi connectivity index (χ1v) is 6.85. The number of aliphatic hydroxyl groups is 1. The lowest BCUT2D eigenvalue weighted by molar-refractivity contribution is 0.178. The van der Waals surface area contributed by atoms with Crippen molar-refractivity contribution in [2.45, 2.75) is 33.5 Å². The van der Waals surface area contributed by atoms with Crippen LogP contribution in [0.15, 0.2) is 10.9 Å². The minimum absolute atomic E-state index is 0.245. The number of hydrogen-bond acceptors (Lipinski definition) is 5. The second kappa shape index (κ2) is 8.04. The van der Waals surface area contributed by atoms with Gasteiger partial charge >= 0.3 is 0 Å². The Morgan fingerprint density at radius 3 is 2.50 bits per heavy atom. The van der Waals surface area contributed by atoms with E-state index in [2.05, 4.69) is 4.90 Å². The summed E-state index contributed by atoms with van der Waals surface area (Å²) in [5.41, 5.74) is 0.569. The smallest absolute Gasteiger partial charge is 0.223 e. The minimum Gasteiger partial charge on any atom is -0.503 e. The standard InChI is InChI=1S/C14H24N2O4/c1-4-15(5-2)9-12-14(19)13(18)8-11(10-17)16(12)6-7-20-3/h8,17,19H,4-7,9-10H2,1-3H3. The van der Waals surface area contributed by atoms with Gasteiger partial charge in [-0.1, -0.05) is 13.8 Å². The molecular weight excluding hydrogens is 260 g/mol. The quantitative estimate of drug-likeness (QED) is 0.728. The van der Waals surface area contributed by atoms with Gasteiger partial charge in [0.15, 0.2) is 5.75 Å². The number of methoxy groups -OCH3 is 1. The molecule has 1 aromatic rings. The van der Waals surface area contributed by atoms with Crippen LogP contribution in [-0.4, -0.2) is 46.5 Å². The van der Waals surface area contributed by atoms with Crippen molar-refractivity contribution in [1.29, 1.82) is 0 Å². The van der Waals surface area contributed by atoms with Crippen LogP contribution in [0.1, 0.15) is 25.2 Å². The zero-order valence-corrected chi connectivity index (χ0v) is 12.4. The van der Waals surface area contributed by atoms with Crippen LogP contribution >= 0.6 is 0 Å². The lowest BCUT2D eigenvalue weighted by atomic mass is 10.2. The molecule has 0 aliphatic heterocycles. The SMILES string of the molecule is CCN(CC)Cc1c(O)c(=O)cc(CO)n1CCOC. The Hall–Kier alpha value is -1.37. The van der Waals surface area contributed by atoms with Crippen molar-refractivity contribution in [3.8, 4) is 5.75 Å². The van der Waals surface area contributed by atoms with Gasteiger partial charge in [-0.2, -0.15) is 0 Å². The molecule has 2 N–H and O–H groups in total. The summed E-state index contributed by atoms with van der Waals surface area (Å²) in [6.45, 7) is 6.82. The summed E-state index contributed by atoms with van der Waals surface area (Å²) in [7, 11) is 1.59. The highest BCUT2D eigenvalue weighted by molar-refractivity contribution is 5.30. The van der Waals surface area contributed by atoms with Crippen molar-refractivity contribution in [2.75, 3.05) is 26.8 Å². The van der Waals surface area contributed by atoms with Gasteiger partial charge in [0.05, 0.1) is 18.9 Å². The van der Waals surface area contributed by atoms with Gasteiger partial charge in [0.1, 0.15) is 0 Å². The first kappa shape index (κ1) is 16.7. The van der Waals surface area contributed by atoms with Gasteiger partial charge in [0.2, 0.25) is 5.43 Å². The monoisotopic (exact) mass is 284 g/mol. The summed E-state index contributed by atoms with van der Waals surface area (Å²) >= 11 is 0. The maximum Gasteiger partial charge on any atom is 0.223 e. The van der Waals surface area contributed by atoms with Crippen LogP contribution in [-0.2, 0) is 24.4 Å². The zero-order valence-electron chi connectivity index (χ0n) is 12.4. The number of aromatic nitrogens is 1. The van der Waals surface area contributed by atoms with Crippen LogP contribution < -0.4 is 5.43 Å². The van der Waals surface area contributed by atoms with Gasteiger partial charge in [-0.3, -0.25) is 9.69 Å². The summed E-state index contributed by atoms with van der Waals surface area (Å²) in [5.74, 6) is -0.245. The predicted octanol–water partition coefficient (Wildman–Crippen LogP) is 0.534. The maximum absolute atomic E-state index is 11.8. The Balaban J connectivity index is 3.27. The van der Waals surface area contributed by atoms with Gasteiger partial charge < -0.3 is 19.5 Å². The normalized spacial score (nSPS) is 11.2. The van der Waals surface area contributed by atoms with Gasteiger partial charge in [0.25, 0.3) is 0 Å². The van der Waals surface area contributed by atoms with Crippen LogP contribution in [0.25, 0.3) is 0 Å². The molecule has 6 nitrogen and oxygen atoms in total. The highest BCUT2D eigenvalue weighted by Crippen LogP contribution is 2.17. The number of aromatic hydroxyl groups is 1. The average molecular weight is 284 g/mol. The summed E-state index contributed by atoms with van der Waals surface area (Å²) in [6.07, 6.45) is 0. The Labute approximate surface area is 119 Å². The van der Waals surface area contributed by atoms with Crippen molar-refractivity contribution >= 4 is 0 Å². The lowest BCUT2D eigenvalue weighted by Gasteiger charge is -2.24. The number of nitrogens with zero attached hydrogens (tertiary/aromatic N) is 2. The molecule has 0 aromatic carbocycles. The van der Waals surface area contributed by atoms with Crippen LogP contribution in [0.4, 0.5) is 0 Å². The molecule has 0 aliphatic rings. The van der Waals surface area contributed by atoms with Crippen molar-refractivity contribution in [1.82, 2.24) is 9.47 Å². The fourth-order valence-corrected chi connectivity index (χ4v) is 2.15. The molecule has 0 saturated heterocycles. The van der Waals surface area contributed by atoms with E-state index in [4.69, 9.17) is 4.74 Å². The van der Waals surface area contributed by atoms with Gasteiger partial charge in [0, 0.05) is 32.0 Å². The fourth-order valence-electron chi connectivity index (χ4n) is 2.15. The highest BCUT2D eigenvalue weighted by atomic mass is 16.5. The van der Waals surface area contributed by atoms with E-state index in [0.29, 0.717) is 31.1 Å². The maximum atomic E-state index is 11.8. The molecule has 0 spiro atoms. The van der Waals surface area contributed by atoms with E-state index in [1.54, 1.807) is 11.7 Å². The van der Waals surface area contributed by atoms with E-state index in [-0.39, 0.29) is 12.4 Å². The number of aliphatic hydroxyl groups excluding tert-OH is 1. The van der Waals surface area contributed by atoms with Gasteiger partial charge in [-0.25, -0.2) is 0 Å². The number of hydrogen-bond donors (Lipinski definition) is 2. The van der Waals surface area contributed by atoms with Crippen molar-refractivity contribution < 1.29 is 14.9 Å². The summed E-state index contributed by atoms with van der Waals surface area (Å²) < 4.78 is 6.81. The van der Waals surface area contributed by atoms with E-state index in [0.717, 1.165) is 13.1 Å². The molecule has 0 unspecified atom stereocenters. The second-order valence-electron chi connectivity index (χ2n) is 4.56. The third kappa shape index (κ3) is 3.82. The molecule has 1 aromatic heterocycles. The first-order valence-electron chi connectivity index (χ1n) is 6.85. The Morgan fingerprint density at radius 1 is 1.35 bits per heavy atom. The molecule has 0 amide bonds. The molecular formula is C14H24N2O4. The van der Waals surface area contributed by atoms with Crippen LogP contribution in [0.3, 0.4) is 0 Å². The van der Waals surface area contributed by atoms with E-state index in [1.165, 1.54) is 6.07 Å². The fraction of sp³-hybridized carbons (Fsp3) is 0.643. The first-order chi connectivity index (χ1) is 9.58. The average Bonchev–Trinajstić information content (AvgIpc) is 2.47. The molecule has 1 heterocycles. The molecule has 0 saturated carbocycles. The topological polar surface area (TPSA) is 74.9 Å². The van der Waals surface area contributed by atoms with Crippen LogP contribution in [0, 0.1) is 0 Å². The van der Waals surface area contributed by atoms with Crippen LogP contribution in [0.5, 0.6) is 5.75 Å². The third-order valence-corrected chi connectivity index (χ3v) is 3.43. The Kier molecular flexibility index (Phi) is 6.70. The van der Waals surface area contributed by atoms with E-state index in [1.807, 2.05) is 13.8 Å².